The Morgan fingerprint density at radius 2 is 0.638 bits per heavy atom. The van der Waals surface area contributed by atoms with E-state index in [0.29, 0.717) is 0 Å². The molecule has 0 atom stereocenters. The van der Waals surface area contributed by atoms with E-state index < -0.39 is 0 Å². The number of aromatic nitrogens is 3. The van der Waals surface area contributed by atoms with Crippen LogP contribution in [0.15, 0.2) is 409 Å². The number of benzene rings is 18. The summed E-state index contributed by atoms with van der Waals surface area (Å²) in [6.45, 7) is 21.8. The van der Waals surface area contributed by atoms with Crippen LogP contribution in [0.1, 0.15) is 69.5 Å². The lowest BCUT2D eigenvalue weighted by Gasteiger charge is -2.21. The molecule has 0 radical (unpaired) electrons. The summed E-state index contributed by atoms with van der Waals surface area (Å²) in [5.74, 6) is 0. The molecular weight excluding hydrogens is 1580 g/mol. The van der Waals surface area contributed by atoms with E-state index in [-0.39, 0.29) is 5.41 Å². The third kappa shape index (κ3) is 15.9. The Balaban J connectivity index is 0.0000000950. The molecule has 0 unspecified atom stereocenters. The highest BCUT2D eigenvalue weighted by Crippen LogP contribution is 2.49. The summed E-state index contributed by atoms with van der Waals surface area (Å²) in [6.07, 6.45) is 0. The molecule has 7 heterocycles. The maximum atomic E-state index is 5.78. The number of para-hydroxylation sites is 10. The fraction of sp³-hybridized carbons (Fsp3) is 0.100. The van der Waals surface area contributed by atoms with Crippen molar-refractivity contribution < 1.29 is 8.83 Å². The second-order valence-corrected chi connectivity index (χ2v) is 36.1. The first-order valence-electron chi connectivity index (χ1n) is 43.7. The lowest BCUT2D eigenvalue weighted by Crippen LogP contribution is -2.14. The second kappa shape index (κ2) is 35.2. The molecule has 0 bridgehead atoms. The molecule has 0 amide bonds. The van der Waals surface area contributed by atoms with Crippen molar-refractivity contribution in [2.75, 3.05) is 0 Å². The highest BCUT2D eigenvalue weighted by atomic mass is 32.1. The summed E-state index contributed by atoms with van der Waals surface area (Å²) in [5, 5.41) is 18.4. The molecule has 25 aromatic rings. The van der Waals surface area contributed by atoms with E-state index in [9.17, 15) is 0 Å². The van der Waals surface area contributed by atoms with E-state index >= 15 is 0 Å². The number of fused-ring (bicyclic) bond motifs is 24. The quantitative estimate of drug-likeness (QED) is 0.173. The molecule has 618 valence electrons. The molecule has 0 saturated heterocycles. The largest absolute Gasteiger partial charge is 0.456 e. The fourth-order valence-electron chi connectivity index (χ4n) is 18.7. The minimum absolute atomic E-state index is 0.152. The zero-order valence-electron chi connectivity index (χ0n) is 73.6. The zero-order valence-corrected chi connectivity index (χ0v) is 75.2. The van der Waals surface area contributed by atoms with Crippen LogP contribution < -0.4 is 0 Å². The van der Waals surface area contributed by atoms with Crippen LogP contribution in [-0.2, 0) is 12.5 Å². The molecule has 0 saturated carbocycles. The standard InChI is InChI=1S/2C19H15N.C16H16.C14H13N.2C13H10O.2C13H10S/c1-14-8-7-12-17-16-11-5-6-13-18(16)20(19(14)17)15-9-3-2-4-10-15;1-14-11-12-19-17(13-14)16-9-5-6-10-18(16)20(19)15-7-3-2-4-8-15;1-11-8-9-15-13(10-11)12-6-4-5-7-14(12)16(15,2)3;1-10-6-5-8-12-11-7-3-4-9-13(11)15(2)14(10)12;1-9-5-4-7-11-10-6-2-3-8-12(10)14-13(9)11;1-9-6-7-13-11(8-9)10-4-2-3-5-12(10)14-13;1-9-5-4-7-11-10-6-2-3-8-12(10)14-13(9)11;1-9-6-7-13-11(8-9)10-4-2-3-5-12(10)14-13/h2*2-13H,1H3;4-10H,1-3H3;3-9H,1-2H3;4*2-8H,1H3. The summed E-state index contributed by atoms with van der Waals surface area (Å²) < 4.78 is 24.0. The third-order valence-corrected chi connectivity index (χ3v) is 27.4. The average molecular weight is 1680 g/mol. The Morgan fingerprint density at radius 1 is 0.236 bits per heavy atom. The Hall–Kier alpha value is -14.6. The Kier molecular flexibility index (Phi) is 22.7. The molecule has 0 spiro atoms. The number of thiophene rings is 2. The van der Waals surface area contributed by atoms with Crippen LogP contribution in [0.25, 0.3) is 172 Å². The number of rotatable bonds is 2. The van der Waals surface area contributed by atoms with Crippen LogP contribution in [0.2, 0.25) is 0 Å². The fourth-order valence-corrected chi connectivity index (χ4v) is 21.0. The molecular formula is C120H99N3O2S2. The van der Waals surface area contributed by atoms with E-state index in [4.69, 9.17) is 8.83 Å². The van der Waals surface area contributed by atoms with E-state index in [1.54, 1.807) is 0 Å². The van der Waals surface area contributed by atoms with Crippen LogP contribution >= 0.6 is 22.7 Å². The van der Waals surface area contributed by atoms with Crippen LogP contribution in [0.3, 0.4) is 0 Å². The maximum Gasteiger partial charge on any atom is 0.138 e. The van der Waals surface area contributed by atoms with Crippen molar-refractivity contribution in [3.63, 3.8) is 0 Å². The van der Waals surface area contributed by atoms with Gasteiger partial charge in [0.2, 0.25) is 0 Å². The molecule has 127 heavy (non-hydrogen) atoms. The first-order chi connectivity index (χ1) is 62.0. The third-order valence-electron chi connectivity index (χ3n) is 24.9. The molecule has 18 aromatic carbocycles. The van der Waals surface area contributed by atoms with Gasteiger partial charge in [0.1, 0.15) is 22.3 Å². The number of hydrogen-bond donors (Lipinski definition) is 0. The van der Waals surface area contributed by atoms with Gasteiger partial charge in [0, 0.05) is 124 Å². The Labute approximate surface area is 749 Å². The lowest BCUT2D eigenvalue weighted by molar-refractivity contribution is 0.660. The van der Waals surface area contributed by atoms with Crippen molar-refractivity contribution in [1.82, 2.24) is 13.7 Å². The second-order valence-electron chi connectivity index (χ2n) is 33.9. The van der Waals surface area contributed by atoms with Crippen molar-refractivity contribution >= 4 is 172 Å². The predicted molar refractivity (Wildman–Crippen MR) is 550 cm³/mol. The van der Waals surface area contributed by atoms with Crippen molar-refractivity contribution in [1.29, 1.82) is 0 Å². The van der Waals surface area contributed by atoms with E-state index in [0.717, 1.165) is 22.3 Å². The van der Waals surface area contributed by atoms with Gasteiger partial charge in [0.05, 0.1) is 27.6 Å². The normalized spacial score (nSPS) is 11.8. The number of aryl methyl sites for hydroxylation is 9. The van der Waals surface area contributed by atoms with Gasteiger partial charge in [-0.1, -0.05) is 333 Å². The highest BCUT2D eigenvalue weighted by Gasteiger charge is 2.35. The summed E-state index contributed by atoms with van der Waals surface area (Å²) >= 11 is 3.76. The minimum atomic E-state index is 0.152. The van der Waals surface area contributed by atoms with Gasteiger partial charge < -0.3 is 22.5 Å². The topological polar surface area (TPSA) is 41.1 Å². The van der Waals surface area contributed by atoms with Gasteiger partial charge in [-0.05, 0) is 203 Å². The Morgan fingerprint density at radius 3 is 1.31 bits per heavy atom. The average Bonchev–Trinajstić information content (AvgIpc) is 1.59. The summed E-state index contributed by atoms with van der Waals surface area (Å²) in [4.78, 5) is 0. The van der Waals surface area contributed by atoms with Crippen molar-refractivity contribution in [3.8, 4) is 22.5 Å². The van der Waals surface area contributed by atoms with Gasteiger partial charge in [0.25, 0.3) is 0 Å². The van der Waals surface area contributed by atoms with E-state index in [1.165, 1.54) is 205 Å². The first kappa shape index (κ1) is 82.0. The summed E-state index contributed by atoms with van der Waals surface area (Å²) in [6, 6.07) is 141. The van der Waals surface area contributed by atoms with Crippen molar-refractivity contribution in [2.45, 2.75) is 74.7 Å². The molecule has 1 aliphatic carbocycles. The Bertz CT molecular complexity index is 8110. The van der Waals surface area contributed by atoms with Crippen LogP contribution in [0, 0.1) is 55.4 Å². The molecule has 7 aromatic heterocycles. The minimum Gasteiger partial charge on any atom is -0.456 e. The number of hydrogen-bond acceptors (Lipinski definition) is 4. The van der Waals surface area contributed by atoms with Gasteiger partial charge in [-0.2, -0.15) is 0 Å². The van der Waals surface area contributed by atoms with Gasteiger partial charge in [-0.15, -0.1) is 22.7 Å². The van der Waals surface area contributed by atoms with Crippen molar-refractivity contribution in [2.24, 2.45) is 7.05 Å². The molecule has 0 N–H and O–H groups in total. The van der Waals surface area contributed by atoms with Gasteiger partial charge in [-0.25, -0.2) is 0 Å². The zero-order chi connectivity index (χ0) is 87.0. The molecule has 0 fully saturated rings. The SMILES string of the molecule is Cc1ccc2c(c1)-c1ccccc1C2(C)C.Cc1ccc2c(c1)c1ccccc1n2-c1ccccc1.Cc1ccc2oc3ccccc3c2c1.Cc1ccc2sc3ccccc3c2c1.Cc1cccc2c1oc1ccccc12.Cc1cccc2c1sc1ccccc12.Cc1cccc2c3ccccc3n(-c3ccccc3)c12.Cc1cccc2c3ccccc3n(C)c12. The highest BCUT2D eigenvalue weighted by molar-refractivity contribution is 7.26. The maximum absolute atomic E-state index is 5.78. The van der Waals surface area contributed by atoms with Crippen LogP contribution in [0.4, 0.5) is 0 Å². The molecule has 26 rings (SSSR count). The molecule has 7 heteroatoms. The van der Waals surface area contributed by atoms with Crippen LogP contribution in [-0.4, -0.2) is 13.7 Å². The first-order valence-corrected chi connectivity index (χ1v) is 45.4. The number of nitrogens with zero attached hydrogens (tertiary/aromatic N) is 3. The van der Waals surface area contributed by atoms with Crippen molar-refractivity contribution in [3.05, 3.63) is 456 Å². The molecule has 5 nitrogen and oxygen atoms in total. The summed E-state index contributed by atoms with van der Waals surface area (Å²) in [5.41, 5.74) is 30.4. The monoisotopic (exact) mass is 1680 g/mol. The smallest absolute Gasteiger partial charge is 0.138 e. The molecule has 0 aliphatic heterocycles. The van der Waals surface area contributed by atoms with Gasteiger partial charge in [0.15, 0.2) is 0 Å². The number of furan rings is 2. The van der Waals surface area contributed by atoms with E-state index in [2.05, 4.69) is 448 Å². The van der Waals surface area contributed by atoms with Gasteiger partial charge in [-0.3, -0.25) is 0 Å². The molecule has 1 aliphatic rings. The van der Waals surface area contributed by atoms with E-state index in [1.807, 2.05) is 65.1 Å². The van der Waals surface area contributed by atoms with Gasteiger partial charge >= 0.3 is 0 Å². The lowest BCUT2D eigenvalue weighted by atomic mass is 9.82. The summed E-state index contributed by atoms with van der Waals surface area (Å²) in [7, 11) is 2.14. The predicted octanol–water partition coefficient (Wildman–Crippen LogP) is 34.6. The van der Waals surface area contributed by atoms with Crippen LogP contribution in [0.5, 0.6) is 0 Å².